The minimum absolute atomic E-state index is 0.0181. The maximum Gasteiger partial charge on any atom is 0.258 e. The van der Waals surface area contributed by atoms with E-state index in [9.17, 15) is 4.79 Å². The Hall–Kier alpha value is -2.88. The van der Waals surface area contributed by atoms with Crippen molar-refractivity contribution < 1.29 is 14.3 Å². The van der Waals surface area contributed by atoms with Crippen LogP contribution in [0.1, 0.15) is 25.7 Å². The summed E-state index contributed by atoms with van der Waals surface area (Å²) in [7, 11) is 2.15. The van der Waals surface area contributed by atoms with Crippen molar-refractivity contribution in [2.24, 2.45) is 0 Å². The van der Waals surface area contributed by atoms with Crippen LogP contribution < -0.4 is 15.4 Å². The van der Waals surface area contributed by atoms with Gasteiger partial charge in [-0.25, -0.2) is 9.97 Å². The van der Waals surface area contributed by atoms with Gasteiger partial charge in [0.25, 0.3) is 5.91 Å². The fraction of sp³-hybridized carbons (Fsp3) is 0.480. The molecule has 0 spiro atoms. The van der Waals surface area contributed by atoms with Crippen LogP contribution in [0.3, 0.4) is 0 Å². The molecule has 5 rings (SSSR count). The van der Waals surface area contributed by atoms with Gasteiger partial charge in [0.05, 0.1) is 16.9 Å². The number of aromatic amines is 1. The van der Waals surface area contributed by atoms with Gasteiger partial charge in [0.1, 0.15) is 17.1 Å². The van der Waals surface area contributed by atoms with Crippen molar-refractivity contribution in [2.45, 2.75) is 37.8 Å². The summed E-state index contributed by atoms with van der Waals surface area (Å²) in [5, 5.41) is 7.18. The summed E-state index contributed by atoms with van der Waals surface area (Å²) in [6.07, 6.45) is 5.45. The van der Waals surface area contributed by atoms with Gasteiger partial charge in [-0.05, 0) is 70.1 Å². The second kappa shape index (κ2) is 10.8. The molecule has 4 heterocycles. The number of rotatable bonds is 7. The van der Waals surface area contributed by atoms with Gasteiger partial charge < -0.3 is 30.0 Å². The standard InChI is InChI=1S/C25H31ClN6O3/c1-32-10-6-17(7-11-32)29-22-20(26)14-27-25-23(22)30-24(31-25)16-2-4-19(5-3-16)35-15-21(33)28-18-8-12-34-13-9-18/h2-5,14,17-18H,6-13,15H2,1H3,(H,28,33)(H2,27,29,30,31). The largest absolute Gasteiger partial charge is 0.484 e. The quantitative estimate of drug-likeness (QED) is 0.458. The van der Waals surface area contributed by atoms with E-state index in [0.717, 1.165) is 55.5 Å². The SMILES string of the molecule is CN1CCC(Nc2c(Cl)cnc3nc(-c4ccc(OCC(=O)NC5CCOCC5)cc4)[nH]c23)CC1. The molecule has 1 amide bonds. The van der Waals surface area contributed by atoms with Gasteiger partial charge >= 0.3 is 0 Å². The summed E-state index contributed by atoms with van der Waals surface area (Å²) >= 11 is 6.51. The van der Waals surface area contributed by atoms with E-state index in [1.807, 2.05) is 24.3 Å². The van der Waals surface area contributed by atoms with E-state index >= 15 is 0 Å². The monoisotopic (exact) mass is 498 g/mol. The summed E-state index contributed by atoms with van der Waals surface area (Å²) in [5.41, 5.74) is 3.16. The molecule has 1 aromatic carbocycles. The summed E-state index contributed by atoms with van der Waals surface area (Å²) in [5.74, 6) is 1.20. The van der Waals surface area contributed by atoms with Crippen LogP contribution in [0.5, 0.6) is 5.75 Å². The fourth-order valence-corrected chi connectivity index (χ4v) is 4.74. The molecule has 186 valence electrons. The van der Waals surface area contributed by atoms with Gasteiger partial charge in [-0.3, -0.25) is 4.79 Å². The number of hydrogen-bond donors (Lipinski definition) is 3. The van der Waals surface area contributed by atoms with E-state index in [4.69, 9.17) is 21.1 Å². The van der Waals surface area contributed by atoms with Crippen LogP contribution in [0.4, 0.5) is 5.69 Å². The average molecular weight is 499 g/mol. The number of amides is 1. The number of anilines is 1. The number of hydrogen-bond acceptors (Lipinski definition) is 7. The van der Waals surface area contributed by atoms with Gasteiger partial charge in [0, 0.05) is 30.9 Å². The first-order valence-corrected chi connectivity index (χ1v) is 12.5. The normalized spacial score (nSPS) is 18.0. The predicted molar refractivity (Wildman–Crippen MR) is 136 cm³/mol. The van der Waals surface area contributed by atoms with E-state index in [1.54, 1.807) is 6.20 Å². The molecular formula is C25H31ClN6O3. The third kappa shape index (κ3) is 5.86. The summed E-state index contributed by atoms with van der Waals surface area (Å²) in [4.78, 5) is 27.0. The number of ether oxygens (including phenoxy) is 2. The Morgan fingerprint density at radius 2 is 1.91 bits per heavy atom. The van der Waals surface area contributed by atoms with Gasteiger partial charge in [-0.2, -0.15) is 0 Å². The van der Waals surface area contributed by atoms with Crippen molar-refractivity contribution >= 4 is 34.4 Å². The molecule has 2 fully saturated rings. The molecule has 3 N–H and O–H groups in total. The van der Waals surface area contributed by atoms with Crippen molar-refractivity contribution in [3.8, 4) is 17.1 Å². The Morgan fingerprint density at radius 3 is 2.66 bits per heavy atom. The maximum absolute atomic E-state index is 12.2. The van der Waals surface area contributed by atoms with Crippen molar-refractivity contribution in [2.75, 3.05) is 45.3 Å². The Bertz CT molecular complexity index is 1150. The number of imidazole rings is 1. The van der Waals surface area contributed by atoms with Crippen LogP contribution in [-0.4, -0.2) is 77.8 Å². The van der Waals surface area contributed by atoms with Gasteiger partial charge in [-0.1, -0.05) is 11.6 Å². The molecule has 0 bridgehead atoms. The van der Waals surface area contributed by atoms with E-state index in [2.05, 4.69) is 37.5 Å². The maximum atomic E-state index is 12.2. The molecule has 0 radical (unpaired) electrons. The van der Waals surface area contributed by atoms with E-state index in [0.29, 0.717) is 41.5 Å². The minimum atomic E-state index is -0.120. The number of carbonyl (C=O) groups is 1. The molecule has 2 aromatic heterocycles. The lowest BCUT2D eigenvalue weighted by Crippen LogP contribution is -2.41. The number of benzene rings is 1. The van der Waals surface area contributed by atoms with Crippen molar-refractivity contribution in [3.63, 3.8) is 0 Å². The smallest absolute Gasteiger partial charge is 0.258 e. The number of carbonyl (C=O) groups excluding carboxylic acids is 1. The van der Waals surface area contributed by atoms with Crippen molar-refractivity contribution in [1.29, 1.82) is 0 Å². The zero-order valence-electron chi connectivity index (χ0n) is 19.8. The molecule has 2 aliphatic rings. The highest BCUT2D eigenvalue weighted by Gasteiger charge is 2.20. The first kappa shape index (κ1) is 23.8. The second-order valence-electron chi connectivity index (χ2n) is 9.25. The lowest BCUT2D eigenvalue weighted by atomic mass is 10.1. The first-order chi connectivity index (χ1) is 17.0. The Balaban J connectivity index is 1.24. The lowest BCUT2D eigenvalue weighted by molar-refractivity contribution is -0.124. The number of fused-ring (bicyclic) bond motifs is 1. The molecular weight excluding hydrogens is 468 g/mol. The highest BCUT2D eigenvalue weighted by molar-refractivity contribution is 6.34. The van der Waals surface area contributed by atoms with Gasteiger partial charge in [-0.15, -0.1) is 0 Å². The Morgan fingerprint density at radius 1 is 1.17 bits per heavy atom. The predicted octanol–water partition coefficient (Wildman–Crippen LogP) is 3.46. The molecule has 3 aromatic rings. The van der Waals surface area contributed by atoms with Crippen LogP contribution in [-0.2, 0) is 9.53 Å². The molecule has 35 heavy (non-hydrogen) atoms. The highest BCUT2D eigenvalue weighted by Crippen LogP contribution is 2.32. The molecule has 10 heteroatoms. The number of halogens is 1. The van der Waals surface area contributed by atoms with E-state index in [1.165, 1.54) is 0 Å². The summed E-state index contributed by atoms with van der Waals surface area (Å²) in [6, 6.07) is 8.02. The summed E-state index contributed by atoms with van der Waals surface area (Å²) < 4.78 is 11.0. The highest BCUT2D eigenvalue weighted by atomic mass is 35.5. The lowest BCUT2D eigenvalue weighted by Gasteiger charge is -2.30. The number of nitrogens with zero attached hydrogens (tertiary/aromatic N) is 3. The van der Waals surface area contributed by atoms with Crippen molar-refractivity contribution in [3.05, 3.63) is 35.5 Å². The zero-order valence-corrected chi connectivity index (χ0v) is 20.6. The number of piperidine rings is 1. The van der Waals surface area contributed by atoms with Crippen LogP contribution in [0.25, 0.3) is 22.6 Å². The molecule has 0 saturated carbocycles. The number of pyridine rings is 1. The third-order valence-electron chi connectivity index (χ3n) is 6.62. The molecule has 0 aliphatic carbocycles. The Kier molecular flexibility index (Phi) is 7.36. The van der Waals surface area contributed by atoms with Gasteiger partial charge in [0.2, 0.25) is 0 Å². The summed E-state index contributed by atoms with van der Waals surface area (Å²) in [6.45, 7) is 3.47. The van der Waals surface area contributed by atoms with E-state index in [-0.39, 0.29) is 18.6 Å². The Labute approximate surface area is 209 Å². The fourth-order valence-electron chi connectivity index (χ4n) is 4.54. The molecule has 0 unspecified atom stereocenters. The number of aromatic nitrogens is 3. The zero-order chi connectivity index (χ0) is 24.2. The first-order valence-electron chi connectivity index (χ1n) is 12.1. The van der Waals surface area contributed by atoms with Gasteiger partial charge in [0.15, 0.2) is 12.3 Å². The third-order valence-corrected chi connectivity index (χ3v) is 6.91. The van der Waals surface area contributed by atoms with Crippen LogP contribution in [0.2, 0.25) is 5.02 Å². The molecule has 2 saturated heterocycles. The molecule has 9 nitrogen and oxygen atoms in total. The number of H-pyrrole nitrogens is 1. The van der Waals surface area contributed by atoms with Crippen LogP contribution in [0.15, 0.2) is 30.5 Å². The van der Waals surface area contributed by atoms with Crippen molar-refractivity contribution in [1.82, 2.24) is 25.2 Å². The van der Waals surface area contributed by atoms with E-state index < -0.39 is 0 Å². The number of likely N-dealkylation sites (tertiary alicyclic amines) is 1. The van der Waals surface area contributed by atoms with Crippen LogP contribution in [0, 0.1) is 0 Å². The topological polar surface area (TPSA) is 104 Å². The molecule has 0 atom stereocenters. The second-order valence-corrected chi connectivity index (χ2v) is 9.66. The average Bonchev–Trinajstić information content (AvgIpc) is 3.31. The molecule has 2 aliphatic heterocycles. The minimum Gasteiger partial charge on any atom is -0.484 e. The van der Waals surface area contributed by atoms with Crippen LogP contribution >= 0.6 is 11.6 Å². The number of nitrogens with one attached hydrogen (secondary N) is 3.